The summed E-state index contributed by atoms with van der Waals surface area (Å²) in [7, 11) is 0. The molecule has 10 aromatic carbocycles. The van der Waals surface area contributed by atoms with Crippen molar-refractivity contribution < 1.29 is 22.2 Å². The van der Waals surface area contributed by atoms with Crippen LogP contribution in [-0.4, -0.2) is 0 Å². The maximum atomic E-state index is 9.56. The second kappa shape index (κ2) is 12.7. The summed E-state index contributed by atoms with van der Waals surface area (Å²) in [6.45, 7) is 0. The molecule has 0 saturated carbocycles. The van der Waals surface area contributed by atoms with Crippen molar-refractivity contribution in [2.24, 2.45) is 0 Å². The molecule has 1 heteroatoms. The second-order valence-corrected chi connectivity index (χ2v) is 13.4. The lowest BCUT2D eigenvalue weighted by Crippen LogP contribution is -1.91. The van der Waals surface area contributed by atoms with Crippen LogP contribution in [0.2, 0.25) is 0 Å². The van der Waals surface area contributed by atoms with Crippen LogP contribution < -0.4 is 0 Å². The van der Waals surface area contributed by atoms with Gasteiger partial charge in [-0.15, -0.1) is 0 Å². The van der Waals surface area contributed by atoms with E-state index in [9.17, 15) is 5.48 Å². The lowest BCUT2D eigenvalue weighted by molar-refractivity contribution is 0.634. The number of hydrogen-bond donors (Lipinski definition) is 0. The first kappa shape index (κ1) is 20.9. The van der Waals surface area contributed by atoms with Gasteiger partial charge in [-0.2, -0.15) is 0 Å². The van der Waals surface area contributed by atoms with Crippen LogP contribution in [-0.2, 0) is 0 Å². The maximum absolute atomic E-state index is 9.56. The Morgan fingerprint density at radius 1 is 0.327 bits per heavy atom. The Labute approximate surface area is 337 Å². The third kappa shape index (κ3) is 5.09. The first-order valence-corrected chi connectivity index (χ1v) is 17.9. The summed E-state index contributed by atoms with van der Waals surface area (Å²) in [6.07, 6.45) is 0. The molecule has 0 fully saturated rings. The van der Waals surface area contributed by atoms with Crippen LogP contribution in [0.5, 0.6) is 0 Å². The Balaban J connectivity index is 1.26. The molecule has 0 amide bonds. The normalized spacial score (nSPS) is 14.9. The van der Waals surface area contributed by atoms with Crippen LogP contribution in [0, 0.1) is 0 Å². The fraction of sp³-hybridized carbons (Fsp3) is 0. The molecule has 0 aliphatic rings. The lowest BCUT2D eigenvalue weighted by Gasteiger charge is -2.18. The van der Waals surface area contributed by atoms with Gasteiger partial charge in [0.2, 0.25) is 0 Å². The Morgan fingerprint density at radius 2 is 0.909 bits per heavy atom. The number of para-hydroxylation sites is 1. The second-order valence-electron chi connectivity index (χ2n) is 13.4. The summed E-state index contributed by atoms with van der Waals surface area (Å²) in [6, 6.07) is 33.3. The van der Waals surface area contributed by atoms with Gasteiger partial charge in [0.15, 0.2) is 0 Å². The minimum Gasteiger partial charge on any atom is -0.455 e. The number of hydrogen-bond acceptors (Lipinski definition) is 1. The zero-order valence-electron chi connectivity index (χ0n) is 42.0. The van der Waals surface area contributed by atoms with Crippen LogP contribution in [0.1, 0.15) is 17.8 Å². The van der Waals surface area contributed by atoms with E-state index < -0.39 is 78.6 Å². The molecule has 1 nitrogen and oxygen atoms in total. The van der Waals surface area contributed by atoms with Crippen molar-refractivity contribution in [1.29, 1.82) is 0 Å². The SMILES string of the molecule is [2H]c1c([2H])c([2H])c(-c2c(-c3c4c([2H])c([2H])c([2H])c([2H])c4c(-c4ccc5c(ccc6ccc(-c7ccccc7-c7ccccc7)cc65)c4)c4c([2H])c([2H])c([2H])c([2H])c34)oc3ccccc23)c([2H])c1[2H]. The summed E-state index contributed by atoms with van der Waals surface area (Å²) in [5.41, 5.74) is 4.55. The van der Waals surface area contributed by atoms with Crippen LogP contribution in [0.25, 0.3) is 110 Å². The van der Waals surface area contributed by atoms with E-state index in [2.05, 4.69) is 42.5 Å². The Morgan fingerprint density at radius 3 is 1.65 bits per heavy atom. The van der Waals surface area contributed by atoms with Crippen molar-refractivity contribution in [2.45, 2.75) is 0 Å². The van der Waals surface area contributed by atoms with Gasteiger partial charge in [0.05, 0.1) is 17.8 Å². The molecular formula is C54H34O. The molecule has 0 aliphatic heterocycles. The summed E-state index contributed by atoms with van der Waals surface area (Å²) >= 11 is 0. The molecule has 0 N–H and O–H groups in total. The van der Waals surface area contributed by atoms with Crippen LogP contribution in [0.15, 0.2) is 210 Å². The molecule has 0 atom stereocenters. The minimum absolute atomic E-state index is 0.00360. The predicted octanol–water partition coefficient (Wildman–Crippen LogP) is 15.4. The minimum atomic E-state index is -0.626. The summed E-state index contributed by atoms with van der Waals surface area (Å²) < 4.78 is 124. The Bertz CT molecular complexity index is 3900. The lowest BCUT2D eigenvalue weighted by atomic mass is 9.85. The highest BCUT2D eigenvalue weighted by Gasteiger charge is 2.24. The molecule has 11 aromatic rings. The number of fused-ring (bicyclic) bond motifs is 6. The number of furan rings is 1. The van der Waals surface area contributed by atoms with Crippen molar-refractivity contribution >= 4 is 54.1 Å². The molecule has 1 aromatic heterocycles. The van der Waals surface area contributed by atoms with E-state index in [1.807, 2.05) is 54.6 Å². The monoisotopic (exact) mass is 711 g/mol. The summed E-state index contributed by atoms with van der Waals surface area (Å²) in [5, 5.41) is 3.48. The molecule has 0 radical (unpaired) electrons. The molecular weight excluding hydrogens is 665 g/mol. The van der Waals surface area contributed by atoms with E-state index in [4.69, 9.17) is 16.8 Å². The number of rotatable bonds is 5. The molecule has 1 heterocycles. The van der Waals surface area contributed by atoms with Crippen molar-refractivity contribution in [3.8, 4) is 55.8 Å². The fourth-order valence-corrected chi connectivity index (χ4v) is 7.97. The highest BCUT2D eigenvalue weighted by molar-refractivity contribution is 6.23. The van der Waals surface area contributed by atoms with Crippen LogP contribution in [0.4, 0.5) is 0 Å². The van der Waals surface area contributed by atoms with Gasteiger partial charge in [-0.05, 0) is 100 Å². The predicted molar refractivity (Wildman–Crippen MR) is 233 cm³/mol. The zero-order chi connectivity index (χ0) is 47.6. The third-order valence-corrected chi connectivity index (χ3v) is 10.4. The van der Waals surface area contributed by atoms with Gasteiger partial charge < -0.3 is 4.42 Å². The molecule has 0 unspecified atom stereocenters. The Hall–Kier alpha value is -7.22. The van der Waals surface area contributed by atoms with Gasteiger partial charge in [-0.3, -0.25) is 0 Å². The number of benzene rings is 10. The van der Waals surface area contributed by atoms with Gasteiger partial charge in [-0.25, -0.2) is 0 Å². The molecule has 256 valence electrons. The van der Waals surface area contributed by atoms with Crippen molar-refractivity contribution in [1.82, 2.24) is 0 Å². The smallest absolute Gasteiger partial charge is 0.144 e. The first-order chi connectivity index (χ1) is 32.7. The van der Waals surface area contributed by atoms with Crippen molar-refractivity contribution in [3.63, 3.8) is 0 Å². The van der Waals surface area contributed by atoms with E-state index in [1.165, 1.54) is 0 Å². The topological polar surface area (TPSA) is 13.1 Å². The average molecular weight is 712 g/mol. The first-order valence-electron chi connectivity index (χ1n) is 24.4. The van der Waals surface area contributed by atoms with Gasteiger partial charge in [-0.1, -0.05) is 188 Å². The molecule has 0 aliphatic carbocycles. The van der Waals surface area contributed by atoms with Gasteiger partial charge in [0, 0.05) is 16.5 Å². The van der Waals surface area contributed by atoms with Crippen LogP contribution in [0.3, 0.4) is 0 Å². The summed E-state index contributed by atoms with van der Waals surface area (Å²) in [4.78, 5) is 0. The van der Waals surface area contributed by atoms with Crippen molar-refractivity contribution in [3.05, 3.63) is 206 Å². The largest absolute Gasteiger partial charge is 0.455 e. The standard InChI is InChI=1S/C54H34O/c1-3-15-35(16-4-1)41-19-7-8-20-42(41)39-30-28-36-27-29-38-33-40(31-32-43(38)49(36)34-39)51-44-21-9-11-23-46(44)53(47-24-12-10-22-45(47)51)54-52(37-17-5-2-6-18-37)48-25-13-14-26-50(48)55-54/h1-34H/i2D,5D,6D,9D,10D,11D,12D,17D,18D,21D,22D,23D,24D. The van der Waals surface area contributed by atoms with Gasteiger partial charge >= 0.3 is 0 Å². The van der Waals surface area contributed by atoms with E-state index in [-0.39, 0.29) is 55.1 Å². The highest BCUT2D eigenvalue weighted by Crippen LogP contribution is 2.49. The summed E-state index contributed by atoms with van der Waals surface area (Å²) in [5.74, 6) is -0.198. The van der Waals surface area contributed by atoms with E-state index in [0.717, 1.165) is 43.8 Å². The molecule has 55 heavy (non-hydrogen) atoms. The maximum Gasteiger partial charge on any atom is 0.144 e. The van der Waals surface area contributed by atoms with Gasteiger partial charge in [0.1, 0.15) is 11.3 Å². The Kier molecular flexibility index (Phi) is 4.83. The van der Waals surface area contributed by atoms with Gasteiger partial charge in [0.25, 0.3) is 0 Å². The molecule has 11 rings (SSSR count). The highest BCUT2D eigenvalue weighted by atomic mass is 16.3. The average Bonchev–Trinajstić information content (AvgIpc) is 3.74. The van der Waals surface area contributed by atoms with Crippen LogP contribution >= 0.6 is 0 Å². The third-order valence-electron chi connectivity index (χ3n) is 10.4. The molecule has 0 saturated heterocycles. The molecule has 0 spiro atoms. The van der Waals surface area contributed by atoms with E-state index >= 15 is 0 Å². The van der Waals surface area contributed by atoms with Crippen molar-refractivity contribution in [2.75, 3.05) is 0 Å². The quantitative estimate of drug-likeness (QED) is 0.128. The van der Waals surface area contributed by atoms with E-state index in [0.29, 0.717) is 10.9 Å². The fourth-order valence-electron chi connectivity index (χ4n) is 7.97. The van der Waals surface area contributed by atoms with E-state index in [1.54, 1.807) is 30.3 Å². The zero-order valence-corrected chi connectivity index (χ0v) is 29.0. The molecule has 0 bridgehead atoms.